The van der Waals surface area contributed by atoms with Crippen LogP contribution in [0.3, 0.4) is 0 Å². The summed E-state index contributed by atoms with van der Waals surface area (Å²) in [5.74, 6) is -1.44. The number of cyclic esters (lactones) is 1. The van der Waals surface area contributed by atoms with Gasteiger partial charge < -0.3 is 14.2 Å². The molecule has 0 spiro atoms. The summed E-state index contributed by atoms with van der Waals surface area (Å²) in [7, 11) is 1.47. The fourth-order valence-corrected chi connectivity index (χ4v) is 4.44. The van der Waals surface area contributed by atoms with Gasteiger partial charge in [0.2, 0.25) is 5.91 Å². The molecule has 0 aromatic heterocycles. The van der Waals surface area contributed by atoms with Gasteiger partial charge in [0.15, 0.2) is 11.5 Å². The highest BCUT2D eigenvalue weighted by molar-refractivity contribution is 6.06. The van der Waals surface area contributed by atoms with Crippen LogP contribution in [0.25, 0.3) is 0 Å². The number of hydrogen-bond donors (Lipinski definition) is 0. The molecule has 178 valence electrons. The SMILES string of the molecule is COc1cc(C2CC(=O)N(c3cccc(F)c3)C3=C2C(=O)OC3)ccc1OCc1ccccc1F. The Morgan fingerprint density at radius 3 is 2.60 bits per heavy atom. The Morgan fingerprint density at radius 1 is 1.00 bits per heavy atom. The number of methoxy groups -OCH3 is 1. The highest BCUT2D eigenvalue weighted by atomic mass is 19.1. The Hall–Kier alpha value is -4.20. The van der Waals surface area contributed by atoms with Crippen LogP contribution in [-0.4, -0.2) is 25.6 Å². The lowest BCUT2D eigenvalue weighted by atomic mass is 9.84. The van der Waals surface area contributed by atoms with Crippen molar-refractivity contribution in [2.45, 2.75) is 18.9 Å². The van der Waals surface area contributed by atoms with Gasteiger partial charge in [0.25, 0.3) is 0 Å². The van der Waals surface area contributed by atoms with Crippen molar-refractivity contribution < 1.29 is 32.6 Å². The number of esters is 1. The molecular weight excluding hydrogens is 456 g/mol. The molecule has 0 bridgehead atoms. The molecule has 8 heteroatoms. The molecule has 1 atom stereocenters. The number of halogens is 2. The molecule has 1 unspecified atom stereocenters. The lowest BCUT2D eigenvalue weighted by molar-refractivity contribution is -0.136. The predicted octanol–water partition coefficient (Wildman–Crippen LogP) is 4.88. The van der Waals surface area contributed by atoms with Gasteiger partial charge in [-0.2, -0.15) is 0 Å². The van der Waals surface area contributed by atoms with E-state index in [1.807, 2.05) is 0 Å². The van der Waals surface area contributed by atoms with E-state index in [1.54, 1.807) is 42.5 Å². The maximum atomic E-state index is 13.9. The van der Waals surface area contributed by atoms with Crippen molar-refractivity contribution >= 4 is 17.6 Å². The molecule has 0 aliphatic carbocycles. The van der Waals surface area contributed by atoms with Crippen molar-refractivity contribution in [2.24, 2.45) is 0 Å². The zero-order valence-corrected chi connectivity index (χ0v) is 18.8. The smallest absolute Gasteiger partial charge is 0.336 e. The number of ether oxygens (including phenoxy) is 3. The quantitative estimate of drug-likeness (QED) is 0.474. The third-order valence-electron chi connectivity index (χ3n) is 6.11. The van der Waals surface area contributed by atoms with Crippen LogP contribution in [0, 0.1) is 11.6 Å². The van der Waals surface area contributed by atoms with Crippen LogP contribution in [-0.2, 0) is 20.9 Å². The molecule has 1 amide bonds. The van der Waals surface area contributed by atoms with Gasteiger partial charge in [-0.1, -0.05) is 30.3 Å². The lowest BCUT2D eigenvalue weighted by Crippen LogP contribution is -2.37. The minimum Gasteiger partial charge on any atom is -0.493 e. The van der Waals surface area contributed by atoms with Gasteiger partial charge >= 0.3 is 5.97 Å². The number of carbonyl (C=O) groups excluding carboxylic acids is 2. The second-order valence-corrected chi connectivity index (χ2v) is 8.19. The number of benzene rings is 3. The summed E-state index contributed by atoms with van der Waals surface area (Å²) < 4.78 is 44.3. The standard InChI is InChI=1S/C27H21F2NO5/c1-33-24-11-16(9-10-23(24)34-14-17-5-2-3-8-21(17)29)20-13-25(31)30(19-7-4-6-18(28)12-19)22-15-35-27(32)26(20)22/h2-12,20H,13-15H2,1H3. The average Bonchev–Trinajstić information content (AvgIpc) is 3.24. The third kappa shape index (κ3) is 4.23. The molecule has 2 heterocycles. The van der Waals surface area contributed by atoms with Crippen LogP contribution in [0.2, 0.25) is 0 Å². The summed E-state index contributed by atoms with van der Waals surface area (Å²) in [4.78, 5) is 27.2. The second-order valence-electron chi connectivity index (χ2n) is 8.19. The van der Waals surface area contributed by atoms with E-state index in [-0.39, 0.29) is 31.4 Å². The molecule has 5 rings (SSSR count). The first kappa shape index (κ1) is 22.6. The monoisotopic (exact) mass is 477 g/mol. The van der Waals surface area contributed by atoms with Crippen molar-refractivity contribution in [2.75, 3.05) is 18.6 Å². The molecule has 0 fully saturated rings. The van der Waals surface area contributed by atoms with E-state index in [1.165, 1.54) is 36.3 Å². The Balaban J connectivity index is 1.47. The molecule has 3 aromatic rings. The molecule has 2 aliphatic rings. The molecule has 0 N–H and O–H groups in total. The molecule has 3 aromatic carbocycles. The van der Waals surface area contributed by atoms with Crippen molar-refractivity contribution in [1.82, 2.24) is 0 Å². The van der Waals surface area contributed by atoms with E-state index < -0.39 is 17.7 Å². The molecule has 0 saturated carbocycles. The fraction of sp³-hybridized carbons (Fsp3) is 0.185. The summed E-state index contributed by atoms with van der Waals surface area (Å²) >= 11 is 0. The van der Waals surface area contributed by atoms with Gasteiger partial charge in [-0.15, -0.1) is 0 Å². The van der Waals surface area contributed by atoms with E-state index in [0.717, 1.165) is 0 Å². The van der Waals surface area contributed by atoms with Crippen LogP contribution in [0.15, 0.2) is 78.0 Å². The van der Waals surface area contributed by atoms with Crippen LogP contribution in [0.4, 0.5) is 14.5 Å². The van der Waals surface area contributed by atoms with E-state index in [9.17, 15) is 18.4 Å². The third-order valence-corrected chi connectivity index (χ3v) is 6.11. The van der Waals surface area contributed by atoms with Gasteiger partial charge in [0, 0.05) is 17.9 Å². The number of hydrogen-bond acceptors (Lipinski definition) is 5. The zero-order chi connectivity index (χ0) is 24.5. The van der Waals surface area contributed by atoms with Crippen LogP contribution < -0.4 is 14.4 Å². The predicted molar refractivity (Wildman–Crippen MR) is 123 cm³/mol. The molecular formula is C27H21F2NO5. The first-order chi connectivity index (χ1) is 17.0. The molecule has 0 radical (unpaired) electrons. The Morgan fingerprint density at radius 2 is 1.83 bits per heavy atom. The van der Waals surface area contributed by atoms with Gasteiger partial charge in [-0.05, 0) is 42.0 Å². The summed E-state index contributed by atoms with van der Waals surface area (Å²) in [6.07, 6.45) is -0.0109. The topological polar surface area (TPSA) is 65.1 Å². The van der Waals surface area contributed by atoms with Crippen LogP contribution in [0.5, 0.6) is 11.5 Å². The van der Waals surface area contributed by atoms with Crippen molar-refractivity contribution in [1.29, 1.82) is 0 Å². The van der Waals surface area contributed by atoms with Gasteiger partial charge in [-0.3, -0.25) is 9.69 Å². The van der Waals surface area contributed by atoms with Gasteiger partial charge in [0.1, 0.15) is 24.8 Å². The van der Waals surface area contributed by atoms with Crippen molar-refractivity contribution in [3.8, 4) is 11.5 Å². The number of carbonyl (C=O) groups is 2. The average molecular weight is 477 g/mol. The molecule has 6 nitrogen and oxygen atoms in total. The largest absolute Gasteiger partial charge is 0.493 e. The maximum Gasteiger partial charge on any atom is 0.336 e. The highest BCUT2D eigenvalue weighted by Gasteiger charge is 2.43. The maximum absolute atomic E-state index is 13.9. The minimum absolute atomic E-state index is 0.00845. The van der Waals surface area contributed by atoms with E-state index in [2.05, 4.69) is 0 Å². The Kier molecular flexibility index (Phi) is 5.94. The number of amides is 1. The van der Waals surface area contributed by atoms with Gasteiger partial charge in [0.05, 0.1) is 24.1 Å². The summed E-state index contributed by atoms with van der Waals surface area (Å²) in [5, 5.41) is 0. The van der Waals surface area contributed by atoms with Crippen molar-refractivity contribution in [3.05, 3.63) is 101 Å². The Labute approximate surface area is 200 Å². The normalized spacial score (nSPS) is 17.3. The first-order valence-corrected chi connectivity index (χ1v) is 11.0. The summed E-state index contributed by atoms with van der Waals surface area (Å²) in [6, 6.07) is 17.1. The van der Waals surface area contributed by atoms with Crippen LogP contribution in [0.1, 0.15) is 23.5 Å². The number of nitrogens with zero attached hydrogens (tertiary/aromatic N) is 1. The lowest BCUT2D eigenvalue weighted by Gasteiger charge is -2.32. The zero-order valence-electron chi connectivity index (χ0n) is 18.8. The van der Waals surface area contributed by atoms with E-state index in [4.69, 9.17) is 14.2 Å². The first-order valence-electron chi connectivity index (χ1n) is 11.0. The van der Waals surface area contributed by atoms with Crippen LogP contribution >= 0.6 is 0 Å². The Bertz CT molecular complexity index is 1350. The van der Waals surface area contributed by atoms with E-state index in [0.29, 0.717) is 39.6 Å². The minimum atomic E-state index is -0.563. The molecule has 35 heavy (non-hydrogen) atoms. The van der Waals surface area contributed by atoms with Crippen molar-refractivity contribution in [3.63, 3.8) is 0 Å². The number of anilines is 1. The second kappa shape index (κ2) is 9.21. The van der Waals surface area contributed by atoms with Gasteiger partial charge in [-0.25, -0.2) is 13.6 Å². The highest BCUT2D eigenvalue weighted by Crippen LogP contribution is 2.43. The number of rotatable bonds is 6. The summed E-state index contributed by atoms with van der Waals surface area (Å²) in [5.41, 5.74) is 2.17. The summed E-state index contributed by atoms with van der Waals surface area (Å²) in [6.45, 7) is -0.0671. The fourth-order valence-electron chi connectivity index (χ4n) is 4.44. The molecule has 0 saturated heterocycles. The van der Waals surface area contributed by atoms with E-state index >= 15 is 0 Å². The molecule has 2 aliphatic heterocycles.